The van der Waals surface area contributed by atoms with E-state index in [1.54, 1.807) is 0 Å². The predicted octanol–water partition coefficient (Wildman–Crippen LogP) is 2.25. The molecule has 0 aromatic heterocycles. The van der Waals surface area contributed by atoms with Crippen LogP contribution >= 0.6 is 0 Å². The predicted molar refractivity (Wildman–Crippen MR) is 128 cm³/mol. The van der Waals surface area contributed by atoms with Gasteiger partial charge in [0.1, 0.15) is 30.5 Å². The van der Waals surface area contributed by atoms with Crippen molar-refractivity contribution >= 4 is 5.78 Å². The van der Waals surface area contributed by atoms with Gasteiger partial charge in [0.15, 0.2) is 11.4 Å². The minimum absolute atomic E-state index is 0.155. The zero-order valence-electron chi connectivity index (χ0n) is 19.7. The molecule has 0 amide bonds. The van der Waals surface area contributed by atoms with E-state index in [9.17, 15) is 35.4 Å². The van der Waals surface area contributed by atoms with E-state index < -0.39 is 41.9 Å². The van der Waals surface area contributed by atoms with Gasteiger partial charge >= 0.3 is 0 Å². The van der Waals surface area contributed by atoms with Gasteiger partial charge in [0.25, 0.3) is 0 Å². The van der Waals surface area contributed by atoms with Crippen molar-refractivity contribution in [1.82, 2.24) is 0 Å². The largest absolute Gasteiger partial charge is 0.387 e. The Labute approximate surface area is 197 Å². The molecule has 0 spiro atoms. The van der Waals surface area contributed by atoms with Crippen LogP contribution in [0.2, 0.25) is 0 Å². The number of carbonyl (C=O) groups is 1. The fourth-order valence-electron chi connectivity index (χ4n) is 3.74. The van der Waals surface area contributed by atoms with Gasteiger partial charge < -0.3 is 30.6 Å². The molecule has 6 N–H and O–H groups in total. The van der Waals surface area contributed by atoms with E-state index in [1.165, 1.54) is 19.3 Å². The molecule has 1 aliphatic rings. The van der Waals surface area contributed by atoms with Gasteiger partial charge in [-0.3, -0.25) is 4.79 Å². The molecule has 1 fully saturated rings. The number of allylic oxidation sites excluding steroid dienone is 8. The third kappa shape index (κ3) is 9.27. The molecule has 1 rings (SSSR count). The number of aliphatic hydroxyl groups excluding tert-OH is 5. The topological polar surface area (TPSA) is 138 Å². The number of hydrogen-bond donors (Lipinski definition) is 6. The minimum Gasteiger partial charge on any atom is -0.387 e. The highest BCUT2D eigenvalue weighted by atomic mass is 16.4. The molecule has 0 saturated heterocycles. The second-order valence-corrected chi connectivity index (χ2v) is 8.59. The molecule has 1 saturated carbocycles. The lowest BCUT2D eigenvalue weighted by molar-refractivity contribution is -0.259. The molecule has 0 bridgehead atoms. The molecule has 1 aliphatic carbocycles. The molecule has 2 unspecified atom stereocenters. The lowest BCUT2D eigenvalue weighted by Gasteiger charge is -2.46. The molecule has 0 aromatic rings. The zero-order chi connectivity index (χ0) is 24.7. The van der Waals surface area contributed by atoms with Crippen LogP contribution < -0.4 is 0 Å². The van der Waals surface area contributed by atoms with Crippen LogP contribution in [0.4, 0.5) is 0 Å². The highest BCUT2D eigenvalue weighted by molar-refractivity contribution is 5.89. The number of carbonyl (C=O) groups excluding carboxylic acids is 1. The third-order valence-electron chi connectivity index (χ3n) is 5.93. The van der Waals surface area contributed by atoms with Gasteiger partial charge in [0.05, 0.1) is 0 Å². The number of rotatable bonds is 15. The Morgan fingerprint density at radius 1 is 0.667 bits per heavy atom. The van der Waals surface area contributed by atoms with Crippen LogP contribution in [0.5, 0.6) is 0 Å². The molecule has 0 radical (unpaired) electrons. The quantitative estimate of drug-likeness (QED) is 0.161. The summed E-state index contributed by atoms with van der Waals surface area (Å²) in [5.74, 6) is -0.886. The molecule has 0 aromatic carbocycles. The van der Waals surface area contributed by atoms with Crippen LogP contribution in [0.3, 0.4) is 0 Å². The third-order valence-corrected chi connectivity index (χ3v) is 5.93. The van der Waals surface area contributed by atoms with Gasteiger partial charge in [0.2, 0.25) is 0 Å². The summed E-state index contributed by atoms with van der Waals surface area (Å²) in [6.45, 7) is 2.20. The van der Waals surface area contributed by atoms with Crippen molar-refractivity contribution in [3.8, 4) is 0 Å². The normalized spacial score (nSPS) is 30.9. The van der Waals surface area contributed by atoms with Gasteiger partial charge in [-0.2, -0.15) is 0 Å². The van der Waals surface area contributed by atoms with Crippen LogP contribution in [-0.4, -0.2) is 72.5 Å². The van der Waals surface area contributed by atoms with E-state index >= 15 is 0 Å². The first-order valence-corrected chi connectivity index (χ1v) is 12.0. The van der Waals surface area contributed by atoms with Gasteiger partial charge in [-0.05, 0) is 44.9 Å². The molecular weight excluding hydrogens is 424 g/mol. The van der Waals surface area contributed by atoms with E-state index in [4.69, 9.17) is 0 Å². The summed E-state index contributed by atoms with van der Waals surface area (Å²) in [6.07, 6.45) is 15.1. The van der Waals surface area contributed by atoms with E-state index in [0.717, 1.165) is 25.7 Å². The summed E-state index contributed by atoms with van der Waals surface area (Å²) in [4.78, 5) is 12.4. The molecule has 0 aliphatic heterocycles. The Morgan fingerprint density at radius 2 is 1.09 bits per heavy atom. The fourth-order valence-corrected chi connectivity index (χ4v) is 3.74. The highest BCUT2D eigenvalue weighted by Crippen LogP contribution is 2.32. The van der Waals surface area contributed by atoms with E-state index in [2.05, 4.69) is 43.4 Å². The van der Waals surface area contributed by atoms with Crippen molar-refractivity contribution in [3.05, 3.63) is 48.6 Å². The number of hydrogen-bond acceptors (Lipinski definition) is 7. The molecule has 33 heavy (non-hydrogen) atoms. The van der Waals surface area contributed by atoms with E-state index in [0.29, 0.717) is 12.8 Å². The first-order valence-electron chi connectivity index (χ1n) is 12.0. The van der Waals surface area contributed by atoms with Gasteiger partial charge in [0, 0.05) is 6.42 Å². The molecular formula is C26H42O7. The Kier molecular flexibility index (Phi) is 14.3. The van der Waals surface area contributed by atoms with Gasteiger partial charge in [-0.1, -0.05) is 68.4 Å². The number of Topliss-reactive ketones (excluding diaryl/α,β-unsaturated/α-hetero) is 1. The van der Waals surface area contributed by atoms with Gasteiger partial charge in [-0.15, -0.1) is 0 Å². The number of unbranched alkanes of at least 4 members (excludes halogenated alkanes) is 4. The van der Waals surface area contributed by atoms with E-state index in [-0.39, 0.29) is 6.42 Å². The highest BCUT2D eigenvalue weighted by Gasteiger charge is 2.60. The minimum atomic E-state index is -2.72. The van der Waals surface area contributed by atoms with Crippen molar-refractivity contribution in [2.75, 3.05) is 0 Å². The average Bonchev–Trinajstić information content (AvgIpc) is 2.82. The molecule has 7 nitrogen and oxygen atoms in total. The molecule has 188 valence electrons. The molecule has 0 heterocycles. The van der Waals surface area contributed by atoms with Crippen LogP contribution in [0.15, 0.2) is 48.6 Å². The fraction of sp³-hybridized carbons (Fsp3) is 0.654. The maximum absolute atomic E-state index is 12.4. The first-order chi connectivity index (χ1) is 15.8. The molecule has 6 atom stereocenters. The van der Waals surface area contributed by atoms with Crippen molar-refractivity contribution in [3.63, 3.8) is 0 Å². The first kappa shape index (κ1) is 29.4. The zero-order valence-corrected chi connectivity index (χ0v) is 19.7. The van der Waals surface area contributed by atoms with Crippen LogP contribution in [0.1, 0.15) is 71.1 Å². The second-order valence-electron chi connectivity index (χ2n) is 8.59. The summed E-state index contributed by atoms with van der Waals surface area (Å²) in [5.41, 5.74) is -2.72. The maximum atomic E-state index is 12.4. The van der Waals surface area contributed by atoms with Crippen molar-refractivity contribution < 1.29 is 35.4 Å². The maximum Gasteiger partial charge on any atom is 0.179 e. The van der Waals surface area contributed by atoms with Crippen LogP contribution in [0.25, 0.3) is 0 Å². The Bertz CT molecular complexity index is 652. The summed E-state index contributed by atoms with van der Waals surface area (Å²) < 4.78 is 0. The lowest BCUT2D eigenvalue weighted by atomic mass is 9.71. The molecule has 7 heteroatoms. The number of aliphatic hydroxyl groups is 6. The number of ketones is 1. The van der Waals surface area contributed by atoms with E-state index in [1.807, 2.05) is 12.2 Å². The Hall–Kier alpha value is -1.61. The summed E-state index contributed by atoms with van der Waals surface area (Å²) in [7, 11) is 0. The van der Waals surface area contributed by atoms with Crippen molar-refractivity contribution in [2.45, 2.75) is 107 Å². The van der Waals surface area contributed by atoms with Crippen LogP contribution in [-0.2, 0) is 4.79 Å². The Morgan fingerprint density at radius 3 is 1.55 bits per heavy atom. The summed E-state index contributed by atoms with van der Waals surface area (Å²) in [5, 5.41) is 59.5. The average molecular weight is 467 g/mol. The monoisotopic (exact) mass is 466 g/mol. The van der Waals surface area contributed by atoms with Crippen LogP contribution in [0, 0.1) is 0 Å². The SMILES string of the molecule is CCCCC/C=C/C/C=C/C/C=C/C/C=C/CCCC(=O)C1(O)[C@H](O)[C@H](O)C(O)[C@H](O)[C@H]1O. The second kappa shape index (κ2) is 16.1. The van der Waals surface area contributed by atoms with Crippen molar-refractivity contribution in [1.29, 1.82) is 0 Å². The summed E-state index contributed by atoms with van der Waals surface area (Å²) >= 11 is 0. The summed E-state index contributed by atoms with van der Waals surface area (Å²) in [6, 6.07) is 0. The standard InChI is InChI=1S/C26H42O7/c1-2-3-4-5-6-7-8-9-10-11-12-13-14-15-16-17-18-19-20(27)26(33)24(31)22(29)21(28)23(30)25(26)32/h6-7,9-10,12-13,15-16,21-25,28-33H,2-5,8,11,14,17-19H2,1H3/b7-6+,10-9+,13-12+,16-15+/t21?,22-,23+,24-,25-,26?/m1/s1. The lowest BCUT2D eigenvalue weighted by Crippen LogP contribution is -2.73. The smallest absolute Gasteiger partial charge is 0.179 e. The van der Waals surface area contributed by atoms with Crippen molar-refractivity contribution in [2.24, 2.45) is 0 Å². The Balaban J connectivity index is 2.23. The van der Waals surface area contributed by atoms with Gasteiger partial charge in [-0.25, -0.2) is 0 Å².